The standard InChI is InChI=1S/6C12H12.3C8H10/c1-9-3-5-12-8-10(2)4-6-11(12)7-9;1-9-3-5-11-6-4-10(2)8-12(11)7-9;1-9-5-3-8-12-10(2)6-4-7-11(9)12;1-9-7-11-5-3-4-6-12(11)8-10(9)2;1-9-7-8-11-5-3-4-6-12(11)10(9)2;1-9-7-8-10(2)12-6-4-3-5-11(9)12;1-7-3-5-8(2)6-4-7;1-7-4-3-5-8(2)6-7;1-7-5-3-4-6-8(7)2/h6*3-8H,1-2H3;3*3-6H,1-2H3. The average molecular weight is 1260 g/mol. The number of hydrogen-bond acceptors (Lipinski definition) is 0. The molecule has 0 nitrogen and oxygen atoms in total. The normalized spacial score (nSPS) is 10.2. The van der Waals surface area contributed by atoms with Gasteiger partial charge in [-0.1, -0.05) is 336 Å². The Labute approximate surface area is 577 Å². The van der Waals surface area contributed by atoms with Crippen molar-refractivity contribution in [3.8, 4) is 0 Å². The SMILES string of the molecule is Cc1cc2ccccc2cc1C.Cc1ccc(C)c2ccccc12.Cc1ccc(C)cc1.Cc1ccc2cc(C)ccc2c1.Cc1ccc2ccc(C)cc2c1.Cc1ccc2ccccc2c1C.Cc1cccc(C)c1.Cc1cccc2c(C)cccc12.Cc1ccccc1C. The number of aryl methyl sites for hydroxylation is 18. The first-order valence-corrected chi connectivity index (χ1v) is 33.9. The molecule has 0 aliphatic heterocycles. The molecule has 0 radical (unpaired) electrons. The number of fused-ring (bicyclic) bond motifs is 6. The summed E-state index contributed by atoms with van der Waals surface area (Å²) in [5, 5.41) is 16.2. The lowest BCUT2D eigenvalue weighted by molar-refractivity contribution is 1.34. The van der Waals surface area contributed by atoms with Gasteiger partial charge in [-0.2, -0.15) is 0 Å². The van der Waals surface area contributed by atoms with E-state index in [1.807, 2.05) is 0 Å². The topological polar surface area (TPSA) is 0 Å². The fourth-order valence-electron chi connectivity index (χ4n) is 11.3. The van der Waals surface area contributed by atoms with Crippen LogP contribution in [-0.2, 0) is 0 Å². The second kappa shape index (κ2) is 36.5. The molecule has 15 aromatic carbocycles. The van der Waals surface area contributed by atoms with Crippen molar-refractivity contribution in [1.82, 2.24) is 0 Å². The van der Waals surface area contributed by atoms with Crippen LogP contribution >= 0.6 is 0 Å². The van der Waals surface area contributed by atoms with Gasteiger partial charge in [0.15, 0.2) is 0 Å². The van der Waals surface area contributed by atoms with E-state index in [1.165, 1.54) is 165 Å². The summed E-state index contributed by atoms with van der Waals surface area (Å²) in [6, 6.07) is 103. The van der Waals surface area contributed by atoms with Crippen molar-refractivity contribution in [2.24, 2.45) is 0 Å². The molecular formula is C96H102. The molecule has 0 fully saturated rings. The minimum absolute atomic E-state index is 1.33. The molecule has 0 spiro atoms. The van der Waals surface area contributed by atoms with Crippen molar-refractivity contribution in [2.75, 3.05) is 0 Å². The summed E-state index contributed by atoms with van der Waals surface area (Å²) in [6.45, 7) is 38.4. The van der Waals surface area contributed by atoms with Crippen molar-refractivity contribution in [2.45, 2.75) is 125 Å². The molecule has 96 heavy (non-hydrogen) atoms. The van der Waals surface area contributed by atoms with Gasteiger partial charge in [0.25, 0.3) is 0 Å². The van der Waals surface area contributed by atoms with E-state index in [4.69, 9.17) is 0 Å². The van der Waals surface area contributed by atoms with Gasteiger partial charge in [-0.05, 0) is 245 Å². The van der Waals surface area contributed by atoms with Crippen molar-refractivity contribution in [1.29, 1.82) is 0 Å². The highest BCUT2D eigenvalue weighted by molar-refractivity contribution is 5.90. The molecule has 0 aliphatic carbocycles. The van der Waals surface area contributed by atoms with Crippen LogP contribution in [0, 0.1) is 125 Å². The Morgan fingerprint density at radius 1 is 0.125 bits per heavy atom. The lowest BCUT2D eigenvalue weighted by Gasteiger charge is -2.04. The first-order valence-electron chi connectivity index (χ1n) is 33.9. The Balaban J connectivity index is 0.000000153. The molecule has 0 atom stereocenters. The quantitative estimate of drug-likeness (QED) is 0.142. The summed E-state index contributed by atoms with van der Waals surface area (Å²) in [6.07, 6.45) is 0. The highest BCUT2D eigenvalue weighted by Crippen LogP contribution is 2.25. The highest BCUT2D eigenvalue weighted by atomic mass is 14.1. The van der Waals surface area contributed by atoms with Gasteiger partial charge in [0.2, 0.25) is 0 Å². The van der Waals surface area contributed by atoms with Gasteiger partial charge in [-0.25, -0.2) is 0 Å². The summed E-state index contributed by atoms with van der Waals surface area (Å²) in [5.74, 6) is 0. The number of benzene rings is 15. The van der Waals surface area contributed by atoms with Crippen LogP contribution in [0.5, 0.6) is 0 Å². The third-order valence-electron chi connectivity index (χ3n) is 17.7. The van der Waals surface area contributed by atoms with Crippen LogP contribution < -0.4 is 0 Å². The maximum absolute atomic E-state index is 2.24. The van der Waals surface area contributed by atoms with Gasteiger partial charge in [0, 0.05) is 0 Å². The summed E-state index contributed by atoms with van der Waals surface area (Å²) < 4.78 is 0. The van der Waals surface area contributed by atoms with Crippen LogP contribution in [0.1, 0.15) is 100 Å². The van der Waals surface area contributed by atoms with E-state index in [1.54, 1.807) is 0 Å². The van der Waals surface area contributed by atoms with E-state index in [0.717, 1.165) is 0 Å². The van der Waals surface area contributed by atoms with Gasteiger partial charge >= 0.3 is 0 Å². The lowest BCUT2D eigenvalue weighted by atomic mass is 10.0. The molecule has 0 amide bonds. The maximum atomic E-state index is 2.24. The van der Waals surface area contributed by atoms with Crippen molar-refractivity contribution in [3.05, 3.63) is 391 Å². The molecule has 0 aromatic heterocycles. The van der Waals surface area contributed by atoms with E-state index in [2.05, 4.69) is 416 Å². The zero-order valence-electron chi connectivity index (χ0n) is 60.7. The molecule has 0 saturated carbocycles. The van der Waals surface area contributed by atoms with Gasteiger partial charge in [0.1, 0.15) is 0 Å². The molecular weight excluding hydrogens is 1150 g/mol. The molecule has 0 heteroatoms. The lowest BCUT2D eigenvalue weighted by Crippen LogP contribution is -1.82. The van der Waals surface area contributed by atoms with Crippen LogP contribution in [0.4, 0.5) is 0 Å². The largest absolute Gasteiger partial charge is 0.0620 e. The van der Waals surface area contributed by atoms with Crippen molar-refractivity contribution < 1.29 is 0 Å². The van der Waals surface area contributed by atoms with Crippen LogP contribution in [0.25, 0.3) is 64.6 Å². The monoisotopic (exact) mass is 1250 g/mol. The average Bonchev–Trinajstić information content (AvgIpc) is 0.884. The minimum atomic E-state index is 1.33. The van der Waals surface area contributed by atoms with Crippen molar-refractivity contribution >= 4 is 64.6 Å². The zero-order chi connectivity index (χ0) is 69.3. The number of hydrogen-bond donors (Lipinski definition) is 0. The molecule has 0 aliphatic rings. The summed E-state index contributed by atoms with van der Waals surface area (Å²) in [5.41, 5.74) is 24.3. The maximum Gasteiger partial charge on any atom is -0.0152 e. The molecule has 0 saturated heterocycles. The zero-order valence-corrected chi connectivity index (χ0v) is 60.7. The van der Waals surface area contributed by atoms with E-state index < -0.39 is 0 Å². The molecule has 0 bridgehead atoms. The van der Waals surface area contributed by atoms with Crippen LogP contribution in [-0.4, -0.2) is 0 Å². The molecule has 486 valence electrons. The van der Waals surface area contributed by atoms with Crippen molar-refractivity contribution in [3.63, 3.8) is 0 Å². The Morgan fingerprint density at radius 2 is 0.385 bits per heavy atom. The highest BCUT2D eigenvalue weighted by Gasteiger charge is 2.02. The first-order chi connectivity index (χ1) is 46.0. The molecule has 0 N–H and O–H groups in total. The second-order valence-electron chi connectivity index (χ2n) is 26.1. The second-order valence-corrected chi connectivity index (χ2v) is 26.1. The van der Waals surface area contributed by atoms with Gasteiger partial charge in [-0.15, -0.1) is 0 Å². The fraction of sp³-hybridized carbons (Fsp3) is 0.188. The fourth-order valence-corrected chi connectivity index (χ4v) is 11.3. The predicted octanol–water partition coefficient (Wildman–Crippen LogP) is 27.7. The molecule has 15 aromatic rings. The number of rotatable bonds is 0. The third-order valence-corrected chi connectivity index (χ3v) is 17.7. The summed E-state index contributed by atoms with van der Waals surface area (Å²) in [4.78, 5) is 0. The molecule has 0 heterocycles. The smallest absolute Gasteiger partial charge is 0.0152 e. The Hall–Kier alpha value is -10.1. The summed E-state index contributed by atoms with van der Waals surface area (Å²) in [7, 11) is 0. The predicted molar refractivity (Wildman–Crippen MR) is 428 cm³/mol. The Morgan fingerprint density at radius 3 is 0.771 bits per heavy atom. The van der Waals surface area contributed by atoms with Crippen LogP contribution in [0.15, 0.2) is 291 Å². The van der Waals surface area contributed by atoms with Gasteiger partial charge in [0.05, 0.1) is 0 Å². The van der Waals surface area contributed by atoms with Gasteiger partial charge < -0.3 is 0 Å². The summed E-state index contributed by atoms with van der Waals surface area (Å²) >= 11 is 0. The van der Waals surface area contributed by atoms with Crippen LogP contribution in [0.2, 0.25) is 0 Å². The molecule has 15 rings (SSSR count). The van der Waals surface area contributed by atoms with E-state index >= 15 is 0 Å². The Bertz CT molecular complexity index is 4640. The Kier molecular flexibility index (Phi) is 27.9. The van der Waals surface area contributed by atoms with Gasteiger partial charge in [-0.3, -0.25) is 0 Å². The van der Waals surface area contributed by atoms with E-state index in [9.17, 15) is 0 Å². The van der Waals surface area contributed by atoms with Crippen LogP contribution in [0.3, 0.4) is 0 Å². The first kappa shape index (κ1) is 73.3. The van der Waals surface area contributed by atoms with E-state index in [-0.39, 0.29) is 0 Å². The third kappa shape index (κ3) is 22.5. The molecule has 0 unspecified atom stereocenters. The minimum Gasteiger partial charge on any atom is -0.0620 e. The van der Waals surface area contributed by atoms with E-state index in [0.29, 0.717) is 0 Å².